The smallest absolute Gasteiger partial charge is 0.226 e. The largest absolute Gasteiger partial charge is 0.490 e. The van der Waals surface area contributed by atoms with Crippen molar-refractivity contribution in [1.82, 2.24) is 9.97 Å². The van der Waals surface area contributed by atoms with E-state index in [4.69, 9.17) is 27.9 Å². The number of hydrogen-bond acceptors (Lipinski definition) is 5. The molecule has 1 N–H and O–H groups in total. The summed E-state index contributed by atoms with van der Waals surface area (Å²) >= 11 is 11.9. The predicted octanol–water partition coefficient (Wildman–Crippen LogP) is 1.75. The second kappa shape index (κ2) is 4.11. The minimum Gasteiger partial charge on any atom is -0.490 e. The number of aliphatic hydroxyl groups is 1. The molecule has 0 aromatic carbocycles. The van der Waals surface area contributed by atoms with Crippen molar-refractivity contribution >= 4 is 29.0 Å². The van der Waals surface area contributed by atoms with E-state index in [1.54, 1.807) is 0 Å². The Balaban J connectivity index is 2.07. The van der Waals surface area contributed by atoms with Crippen LogP contribution in [0.2, 0.25) is 10.4 Å². The first-order valence-corrected chi connectivity index (χ1v) is 6.51. The van der Waals surface area contributed by atoms with E-state index in [1.807, 2.05) is 0 Å². The number of fused-ring (bicyclic) bond motifs is 1. The Labute approximate surface area is 115 Å². The predicted molar refractivity (Wildman–Crippen MR) is 68.5 cm³/mol. The molecule has 18 heavy (non-hydrogen) atoms. The first kappa shape index (κ1) is 12.3. The van der Waals surface area contributed by atoms with Crippen LogP contribution in [-0.4, -0.2) is 40.9 Å². The average Bonchev–Trinajstić information content (AvgIpc) is 2.82. The molecule has 98 valence electrons. The second-order valence-electron chi connectivity index (χ2n) is 4.91. The molecule has 1 aromatic rings. The second-order valence-corrected chi connectivity index (χ2v) is 5.60. The van der Waals surface area contributed by atoms with Crippen LogP contribution >= 0.6 is 23.2 Å². The molecule has 2 bridgehead atoms. The van der Waals surface area contributed by atoms with Crippen LogP contribution in [0.4, 0.5) is 5.82 Å². The van der Waals surface area contributed by atoms with E-state index in [2.05, 4.69) is 14.9 Å². The zero-order valence-corrected chi connectivity index (χ0v) is 11.4. The summed E-state index contributed by atoms with van der Waals surface area (Å²) in [6, 6.07) is 0. The number of nitrogens with zero attached hydrogens (tertiary/aromatic N) is 3. The lowest BCUT2D eigenvalue weighted by molar-refractivity contribution is 0.129. The maximum Gasteiger partial charge on any atom is 0.226 e. The van der Waals surface area contributed by atoms with Crippen LogP contribution in [0.1, 0.15) is 12.8 Å². The van der Waals surface area contributed by atoms with Gasteiger partial charge in [0.2, 0.25) is 5.28 Å². The van der Waals surface area contributed by atoms with Crippen molar-refractivity contribution in [2.75, 3.05) is 25.2 Å². The van der Waals surface area contributed by atoms with Crippen LogP contribution in [0.5, 0.6) is 5.75 Å². The molecule has 5 nitrogen and oxygen atoms in total. The summed E-state index contributed by atoms with van der Waals surface area (Å²) in [6.07, 6.45) is 1.96. The Morgan fingerprint density at radius 1 is 1.44 bits per heavy atom. The molecule has 1 aliphatic carbocycles. The van der Waals surface area contributed by atoms with E-state index in [0.717, 1.165) is 19.4 Å². The van der Waals surface area contributed by atoms with Gasteiger partial charge in [0.1, 0.15) is 0 Å². The van der Waals surface area contributed by atoms with Gasteiger partial charge in [0.05, 0.1) is 19.3 Å². The molecule has 0 unspecified atom stereocenters. The lowest BCUT2D eigenvalue weighted by Crippen LogP contribution is -2.49. The molecule has 0 radical (unpaired) electrons. The summed E-state index contributed by atoms with van der Waals surface area (Å²) in [5.74, 6) is 1.60. The van der Waals surface area contributed by atoms with Crippen LogP contribution in [0.15, 0.2) is 0 Å². The molecular weight excluding hydrogens is 277 g/mol. The van der Waals surface area contributed by atoms with E-state index in [1.165, 1.54) is 7.11 Å². The standard InChI is InChI=1S/C11H13Cl2N3O2/c1-18-7-8(12)14-10(13)15-9(7)16-4-6-2-11(16,3-6)5-17/h6,17H,2-5H2,1H3. The summed E-state index contributed by atoms with van der Waals surface area (Å²) in [5.41, 5.74) is -0.223. The van der Waals surface area contributed by atoms with Crippen molar-refractivity contribution in [3.05, 3.63) is 10.4 Å². The monoisotopic (exact) mass is 289 g/mol. The fourth-order valence-corrected chi connectivity index (χ4v) is 3.54. The van der Waals surface area contributed by atoms with Gasteiger partial charge in [-0.1, -0.05) is 11.6 Å². The Morgan fingerprint density at radius 3 is 2.78 bits per heavy atom. The zero-order chi connectivity index (χ0) is 12.9. The lowest BCUT2D eigenvalue weighted by atomic mass is 9.74. The summed E-state index contributed by atoms with van der Waals surface area (Å²) in [4.78, 5) is 10.1. The highest BCUT2D eigenvalue weighted by molar-refractivity contribution is 6.33. The molecule has 4 rings (SSSR count). The number of rotatable bonds is 3. The molecule has 1 saturated carbocycles. The molecule has 3 fully saturated rings. The van der Waals surface area contributed by atoms with Gasteiger partial charge in [-0.2, -0.15) is 4.98 Å². The lowest BCUT2D eigenvalue weighted by Gasteiger charge is -2.41. The summed E-state index contributed by atoms with van der Waals surface area (Å²) in [6.45, 7) is 0.951. The molecular formula is C11H13Cl2N3O2. The van der Waals surface area contributed by atoms with Crippen LogP contribution in [-0.2, 0) is 0 Å². The Hall–Kier alpha value is -0.780. The topological polar surface area (TPSA) is 58.5 Å². The Kier molecular flexibility index (Phi) is 2.80. The van der Waals surface area contributed by atoms with Crippen LogP contribution in [0.25, 0.3) is 0 Å². The van der Waals surface area contributed by atoms with Crippen molar-refractivity contribution in [2.45, 2.75) is 18.4 Å². The van der Waals surface area contributed by atoms with E-state index in [9.17, 15) is 5.11 Å². The van der Waals surface area contributed by atoms with Crippen molar-refractivity contribution in [1.29, 1.82) is 0 Å². The van der Waals surface area contributed by atoms with Gasteiger partial charge < -0.3 is 14.7 Å². The first-order chi connectivity index (χ1) is 8.59. The molecule has 3 aliphatic rings. The van der Waals surface area contributed by atoms with E-state index < -0.39 is 0 Å². The number of halogens is 2. The SMILES string of the molecule is COc1c(Cl)nc(Cl)nc1N1CC2CC1(CO)C2. The van der Waals surface area contributed by atoms with Crippen molar-refractivity contribution in [3.63, 3.8) is 0 Å². The quantitative estimate of drug-likeness (QED) is 0.679. The minimum absolute atomic E-state index is 0.0907. The Bertz CT molecular complexity index is 491. The normalized spacial score (nSPS) is 29.3. The molecule has 1 aromatic heterocycles. The summed E-state index contributed by atoms with van der Waals surface area (Å²) in [7, 11) is 1.52. The highest BCUT2D eigenvalue weighted by atomic mass is 35.5. The third-order valence-corrected chi connectivity index (χ3v) is 4.31. The number of aromatic nitrogens is 2. The number of hydrogen-bond donors (Lipinski definition) is 1. The van der Waals surface area contributed by atoms with Crippen LogP contribution in [0, 0.1) is 5.92 Å². The zero-order valence-electron chi connectivity index (χ0n) is 9.86. The maximum atomic E-state index is 9.61. The average molecular weight is 290 g/mol. The van der Waals surface area contributed by atoms with Crippen LogP contribution in [0.3, 0.4) is 0 Å². The van der Waals surface area contributed by atoms with Gasteiger partial charge in [0.15, 0.2) is 16.7 Å². The molecule has 3 heterocycles. The highest BCUT2D eigenvalue weighted by Crippen LogP contribution is 2.53. The third kappa shape index (κ3) is 1.57. The van der Waals surface area contributed by atoms with Gasteiger partial charge in [-0.25, -0.2) is 4.98 Å². The van der Waals surface area contributed by atoms with E-state index >= 15 is 0 Å². The number of anilines is 1. The van der Waals surface area contributed by atoms with Gasteiger partial charge in [0, 0.05) is 6.54 Å². The van der Waals surface area contributed by atoms with Gasteiger partial charge in [-0.05, 0) is 30.4 Å². The van der Waals surface area contributed by atoms with Gasteiger partial charge >= 0.3 is 0 Å². The van der Waals surface area contributed by atoms with E-state index in [0.29, 0.717) is 17.5 Å². The van der Waals surface area contributed by atoms with Gasteiger partial charge in [0.25, 0.3) is 0 Å². The van der Waals surface area contributed by atoms with Gasteiger partial charge in [-0.3, -0.25) is 0 Å². The van der Waals surface area contributed by atoms with Crippen molar-refractivity contribution in [3.8, 4) is 5.75 Å². The molecule has 0 amide bonds. The number of ether oxygens (including phenoxy) is 1. The molecule has 0 atom stereocenters. The first-order valence-electron chi connectivity index (χ1n) is 5.75. The summed E-state index contributed by atoms with van der Waals surface area (Å²) < 4.78 is 5.26. The fraction of sp³-hybridized carbons (Fsp3) is 0.636. The number of aliphatic hydroxyl groups excluding tert-OH is 1. The Morgan fingerprint density at radius 2 is 2.17 bits per heavy atom. The van der Waals surface area contributed by atoms with Crippen molar-refractivity contribution in [2.24, 2.45) is 5.92 Å². The molecule has 0 spiro atoms. The highest BCUT2D eigenvalue weighted by Gasteiger charge is 2.56. The van der Waals surface area contributed by atoms with Crippen molar-refractivity contribution < 1.29 is 9.84 Å². The third-order valence-electron chi connectivity index (χ3n) is 3.88. The number of methoxy groups -OCH3 is 1. The van der Waals surface area contributed by atoms with Gasteiger partial charge in [-0.15, -0.1) is 0 Å². The summed E-state index contributed by atoms with van der Waals surface area (Å²) in [5, 5.41) is 9.89. The molecule has 7 heteroatoms. The molecule has 2 saturated heterocycles. The fourth-order valence-electron chi connectivity index (χ4n) is 3.09. The maximum absolute atomic E-state index is 9.61. The molecule has 2 aliphatic heterocycles. The van der Waals surface area contributed by atoms with Crippen LogP contribution < -0.4 is 9.64 Å². The minimum atomic E-state index is -0.223. The van der Waals surface area contributed by atoms with E-state index in [-0.39, 0.29) is 22.6 Å².